The van der Waals surface area contributed by atoms with E-state index in [9.17, 15) is 4.79 Å². The van der Waals surface area contributed by atoms with Gasteiger partial charge in [-0.2, -0.15) is 0 Å². The van der Waals surface area contributed by atoms with E-state index in [0.717, 1.165) is 15.1 Å². The van der Waals surface area contributed by atoms with E-state index in [1.54, 1.807) is 25.3 Å². The molecule has 0 radical (unpaired) electrons. The number of hydrogen-bond donors (Lipinski definition) is 1. The number of thioether (sulfide) groups is 1. The number of methoxy groups -OCH3 is 1. The Morgan fingerprint density at radius 1 is 1.29 bits per heavy atom. The van der Waals surface area contributed by atoms with Gasteiger partial charge in [0.25, 0.3) is 0 Å². The van der Waals surface area contributed by atoms with Crippen LogP contribution in [0, 0.1) is 0 Å². The molecular weight excluding hydrogens is 374 g/mol. The third-order valence-corrected chi connectivity index (χ3v) is 4.88. The Labute approximate surface area is 141 Å². The van der Waals surface area contributed by atoms with Gasteiger partial charge in [-0.3, -0.25) is 4.79 Å². The number of rotatable bonds is 5. The standard InChI is InChI=1S/C15H13BrClNO2S/c1-20-11-3-5-12(6-4-11)21-9-15(19)18-10-2-7-13(16)14(17)8-10/h2-8H,9H2,1H3,(H,18,19). The van der Waals surface area contributed by atoms with Crippen LogP contribution in [-0.2, 0) is 4.79 Å². The molecule has 1 N–H and O–H groups in total. The van der Waals surface area contributed by atoms with E-state index in [-0.39, 0.29) is 5.91 Å². The van der Waals surface area contributed by atoms with Crippen LogP contribution in [0.2, 0.25) is 5.02 Å². The van der Waals surface area contributed by atoms with Gasteiger partial charge in [0.2, 0.25) is 5.91 Å². The highest BCUT2D eigenvalue weighted by Crippen LogP contribution is 2.26. The SMILES string of the molecule is COc1ccc(SCC(=O)Nc2ccc(Br)c(Cl)c2)cc1. The lowest BCUT2D eigenvalue weighted by atomic mass is 10.3. The van der Waals surface area contributed by atoms with Crippen LogP contribution in [0.25, 0.3) is 0 Å². The zero-order valence-corrected chi connectivity index (χ0v) is 14.4. The van der Waals surface area contributed by atoms with Gasteiger partial charge in [-0.05, 0) is 58.4 Å². The molecule has 0 atom stereocenters. The Balaban J connectivity index is 1.87. The monoisotopic (exact) mass is 385 g/mol. The number of benzene rings is 2. The van der Waals surface area contributed by atoms with Crippen molar-refractivity contribution in [3.63, 3.8) is 0 Å². The zero-order valence-electron chi connectivity index (χ0n) is 11.2. The van der Waals surface area contributed by atoms with Crippen LogP contribution in [0.15, 0.2) is 51.8 Å². The second-order valence-corrected chi connectivity index (χ2v) is 6.45. The van der Waals surface area contributed by atoms with Crippen molar-refractivity contribution in [3.8, 4) is 5.75 Å². The molecule has 2 aromatic rings. The average Bonchev–Trinajstić information content (AvgIpc) is 2.49. The van der Waals surface area contributed by atoms with Gasteiger partial charge >= 0.3 is 0 Å². The Morgan fingerprint density at radius 2 is 2.00 bits per heavy atom. The summed E-state index contributed by atoms with van der Waals surface area (Å²) in [5.74, 6) is 1.06. The summed E-state index contributed by atoms with van der Waals surface area (Å²) in [6.07, 6.45) is 0. The molecule has 3 nitrogen and oxygen atoms in total. The van der Waals surface area contributed by atoms with E-state index in [1.807, 2.05) is 24.3 Å². The van der Waals surface area contributed by atoms with E-state index < -0.39 is 0 Å². The highest BCUT2D eigenvalue weighted by atomic mass is 79.9. The van der Waals surface area contributed by atoms with Crippen molar-refractivity contribution in [1.82, 2.24) is 0 Å². The number of hydrogen-bond acceptors (Lipinski definition) is 3. The number of carbonyl (C=O) groups is 1. The smallest absolute Gasteiger partial charge is 0.234 e. The predicted molar refractivity (Wildman–Crippen MR) is 91.5 cm³/mol. The summed E-state index contributed by atoms with van der Waals surface area (Å²) in [4.78, 5) is 12.9. The normalized spacial score (nSPS) is 10.2. The molecular formula is C15H13BrClNO2S. The highest BCUT2D eigenvalue weighted by Gasteiger charge is 2.05. The summed E-state index contributed by atoms with van der Waals surface area (Å²) in [7, 11) is 1.62. The number of nitrogens with one attached hydrogen (secondary N) is 1. The number of amides is 1. The number of halogens is 2. The molecule has 6 heteroatoms. The van der Waals surface area contributed by atoms with Gasteiger partial charge in [0.05, 0.1) is 17.9 Å². The van der Waals surface area contributed by atoms with Gasteiger partial charge in [-0.15, -0.1) is 11.8 Å². The van der Waals surface area contributed by atoms with Crippen LogP contribution >= 0.6 is 39.3 Å². The lowest BCUT2D eigenvalue weighted by molar-refractivity contribution is -0.113. The summed E-state index contributed by atoms with van der Waals surface area (Å²) in [5.41, 5.74) is 0.684. The van der Waals surface area contributed by atoms with Gasteiger partial charge in [-0.25, -0.2) is 0 Å². The number of ether oxygens (including phenoxy) is 1. The summed E-state index contributed by atoms with van der Waals surface area (Å²) < 4.78 is 5.89. The Bertz CT molecular complexity index is 634. The van der Waals surface area contributed by atoms with Crippen molar-refractivity contribution in [2.45, 2.75) is 4.90 Å². The molecule has 0 saturated carbocycles. The molecule has 0 bridgehead atoms. The molecule has 1 amide bonds. The van der Waals surface area contributed by atoms with E-state index in [1.165, 1.54) is 11.8 Å². The molecule has 0 spiro atoms. The first-order valence-corrected chi connectivity index (χ1v) is 8.26. The quantitative estimate of drug-likeness (QED) is 0.747. The molecule has 0 aliphatic carbocycles. The second kappa shape index (κ2) is 7.73. The minimum absolute atomic E-state index is 0.0748. The molecule has 0 fully saturated rings. The van der Waals surface area contributed by atoms with E-state index >= 15 is 0 Å². The molecule has 0 saturated heterocycles. The highest BCUT2D eigenvalue weighted by molar-refractivity contribution is 9.10. The second-order valence-electron chi connectivity index (χ2n) is 4.14. The number of anilines is 1. The third-order valence-electron chi connectivity index (χ3n) is 2.63. The Hall–Kier alpha value is -1.17. The molecule has 2 aromatic carbocycles. The van der Waals surface area contributed by atoms with Gasteiger partial charge in [-0.1, -0.05) is 11.6 Å². The molecule has 110 valence electrons. The van der Waals surface area contributed by atoms with Gasteiger partial charge in [0, 0.05) is 15.1 Å². The fourth-order valence-electron chi connectivity index (χ4n) is 1.59. The van der Waals surface area contributed by atoms with Crippen LogP contribution in [0.4, 0.5) is 5.69 Å². The molecule has 0 aromatic heterocycles. The lowest BCUT2D eigenvalue weighted by Gasteiger charge is -2.07. The molecule has 0 aliphatic rings. The minimum Gasteiger partial charge on any atom is -0.497 e. The van der Waals surface area contributed by atoms with Crippen LogP contribution in [-0.4, -0.2) is 18.8 Å². The molecule has 0 aliphatic heterocycles. The largest absolute Gasteiger partial charge is 0.497 e. The van der Waals surface area contributed by atoms with E-state index in [4.69, 9.17) is 16.3 Å². The molecule has 2 rings (SSSR count). The van der Waals surface area contributed by atoms with Crippen LogP contribution in [0.5, 0.6) is 5.75 Å². The lowest BCUT2D eigenvalue weighted by Crippen LogP contribution is -2.13. The summed E-state index contributed by atoms with van der Waals surface area (Å²) in [6.45, 7) is 0. The van der Waals surface area contributed by atoms with Crippen molar-refractivity contribution in [3.05, 3.63) is 52.0 Å². The van der Waals surface area contributed by atoms with Crippen molar-refractivity contribution in [1.29, 1.82) is 0 Å². The van der Waals surface area contributed by atoms with Crippen molar-refractivity contribution < 1.29 is 9.53 Å². The average molecular weight is 387 g/mol. The topological polar surface area (TPSA) is 38.3 Å². The fraction of sp³-hybridized carbons (Fsp3) is 0.133. The van der Waals surface area contributed by atoms with Gasteiger partial charge in [0.1, 0.15) is 5.75 Å². The molecule has 0 unspecified atom stereocenters. The van der Waals surface area contributed by atoms with Crippen LogP contribution < -0.4 is 10.1 Å². The zero-order chi connectivity index (χ0) is 15.2. The van der Waals surface area contributed by atoms with E-state index in [2.05, 4.69) is 21.2 Å². The van der Waals surface area contributed by atoms with Crippen LogP contribution in [0.1, 0.15) is 0 Å². The first-order valence-electron chi connectivity index (χ1n) is 6.10. The first-order chi connectivity index (χ1) is 10.1. The predicted octanol–water partition coefficient (Wildman–Crippen LogP) is 4.84. The van der Waals surface area contributed by atoms with Crippen molar-refractivity contribution >= 4 is 50.9 Å². The molecule has 0 heterocycles. The third kappa shape index (κ3) is 4.95. The van der Waals surface area contributed by atoms with E-state index in [0.29, 0.717) is 16.5 Å². The first kappa shape index (κ1) is 16.2. The molecule has 21 heavy (non-hydrogen) atoms. The van der Waals surface area contributed by atoms with Gasteiger partial charge in [0.15, 0.2) is 0 Å². The minimum atomic E-state index is -0.0748. The summed E-state index contributed by atoms with van der Waals surface area (Å²) in [5, 5.41) is 3.38. The van der Waals surface area contributed by atoms with Crippen molar-refractivity contribution in [2.24, 2.45) is 0 Å². The van der Waals surface area contributed by atoms with Gasteiger partial charge < -0.3 is 10.1 Å². The maximum absolute atomic E-state index is 11.9. The van der Waals surface area contributed by atoms with Crippen molar-refractivity contribution in [2.75, 3.05) is 18.2 Å². The summed E-state index contributed by atoms with van der Waals surface area (Å²) >= 11 is 10.8. The summed E-state index contributed by atoms with van der Waals surface area (Å²) in [6, 6.07) is 12.9. The number of carbonyl (C=O) groups excluding carboxylic acids is 1. The maximum Gasteiger partial charge on any atom is 0.234 e. The fourth-order valence-corrected chi connectivity index (χ4v) is 2.72. The Kier molecular flexibility index (Phi) is 5.96. The Morgan fingerprint density at radius 3 is 2.62 bits per heavy atom. The van der Waals surface area contributed by atoms with Crippen LogP contribution in [0.3, 0.4) is 0 Å². The maximum atomic E-state index is 11.9.